The van der Waals surface area contributed by atoms with Crippen molar-refractivity contribution in [3.05, 3.63) is 33.2 Å². The summed E-state index contributed by atoms with van der Waals surface area (Å²) in [5, 5.41) is 10.6. The zero-order valence-corrected chi connectivity index (χ0v) is 8.74. The van der Waals surface area contributed by atoms with E-state index in [0.717, 1.165) is 11.9 Å². The van der Waals surface area contributed by atoms with Crippen molar-refractivity contribution < 1.29 is 9.90 Å². The van der Waals surface area contributed by atoms with E-state index in [1.165, 1.54) is 15.7 Å². The van der Waals surface area contributed by atoms with Gasteiger partial charge in [-0.15, -0.1) is 11.3 Å². The van der Waals surface area contributed by atoms with Crippen molar-refractivity contribution in [1.29, 1.82) is 0 Å². The Balaban J connectivity index is 2.87. The van der Waals surface area contributed by atoms with E-state index in [4.69, 9.17) is 5.11 Å². The molecule has 2 aromatic heterocycles. The standard InChI is InChI=1S/C9H8N2O3S/c1-2-5-4-15-9-10-3-6(8(13)14)7(12)11(5)9/h3-4H,2H2,1H3,(H,13,14). The minimum atomic E-state index is -1.24. The molecule has 0 atom stereocenters. The fourth-order valence-electron chi connectivity index (χ4n) is 1.34. The van der Waals surface area contributed by atoms with Crippen molar-refractivity contribution in [3.8, 4) is 0 Å². The smallest absolute Gasteiger partial charge is 0.342 e. The second kappa shape index (κ2) is 3.47. The molecule has 2 rings (SSSR count). The predicted octanol–water partition coefficient (Wildman–Crippen LogP) is 1.02. The van der Waals surface area contributed by atoms with Crippen LogP contribution < -0.4 is 5.56 Å². The zero-order valence-electron chi connectivity index (χ0n) is 7.93. The summed E-state index contributed by atoms with van der Waals surface area (Å²) in [6, 6.07) is 0. The highest BCUT2D eigenvalue weighted by atomic mass is 32.1. The molecule has 0 radical (unpaired) electrons. The van der Waals surface area contributed by atoms with Gasteiger partial charge >= 0.3 is 5.97 Å². The van der Waals surface area contributed by atoms with Crippen LogP contribution in [0.1, 0.15) is 23.0 Å². The Morgan fingerprint density at radius 2 is 2.40 bits per heavy atom. The molecule has 2 aromatic rings. The lowest BCUT2D eigenvalue weighted by molar-refractivity contribution is 0.0694. The summed E-state index contributed by atoms with van der Waals surface area (Å²) >= 11 is 1.33. The molecule has 0 saturated carbocycles. The van der Waals surface area contributed by atoms with Crippen molar-refractivity contribution in [3.63, 3.8) is 0 Å². The van der Waals surface area contributed by atoms with Gasteiger partial charge in [0.2, 0.25) is 0 Å². The van der Waals surface area contributed by atoms with Gasteiger partial charge in [-0.25, -0.2) is 9.78 Å². The van der Waals surface area contributed by atoms with Gasteiger partial charge in [0.05, 0.1) is 6.20 Å². The van der Waals surface area contributed by atoms with Gasteiger partial charge in [-0.1, -0.05) is 6.92 Å². The minimum absolute atomic E-state index is 0.291. The number of hydrogen-bond acceptors (Lipinski definition) is 4. The maximum Gasteiger partial charge on any atom is 0.342 e. The van der Waals surface area contributed by atoms with Gasteiger partial charge in [-0.2, -0.15) is 0 Å². The number of rotatable bonds is 2. The molecule has 0 saturated heterocycles. The van der Waals surface area contributed by atoms with Crippen LogP contribution in [0.2, 0.25) is 0 Å². The van der Waals surface area contributed by atoms with E-state index in [0.29, 0.717) is 11.4 Å². The Hall–Kier alpha value is -1.69. The second-order valence-corrected chi connectivity index (χ2v) is 3.82. The number of carboxylic acid groups (broad SMARTS) is 1. The largest absolute Gasteiger partial charge is 0.477 e. The molecule has 78 valence electrons. The van der Waals surface area contributed by atoms with Crippen LogP contribution in [0.25, 0.3) is 4.96 Å². The normalized spacial score (nSPS) is 10.7. The molecule has 0 unspecified atom stereocenters. The summed E-state index contributed by atoms with van der Waals surface area (Å²) in [6.07, 6.45) is 1.78. The van der Waals surface area contributed by atoms with Crippen LogP contribution in [-0.2, 0) is 6.42 Å². The third kappa shape index (κ3) is 1.42. The van der Waals surface area contributed by atoms with E-state index in [-0.39, 0.29) is 5.56 Å². The number of aryl methyl sites for hydroxylation is 1. The zero-order chi connectivity index (χ0) is 11.0. The maximum absolute atomic E-state index is 11.8. The summed E-state index contributed by atoms with van der Waals surface area (Å²) in [6.45, 7) is 1.90. The first kappa shape index (κ1) is 9.85. The fourth-order valence-corrected chi connectivity index (χ4v) is 2.27. The van der Waals surface area contributed by atoms with Gasteiger partial charge in [0.25, 0.3) is 5.56 Å². The van der Waals surface area contributed by atoms with Crippen LogP contribution in [-0.4, -0.2) is 20.5 Å². The summed E-state index contributed by atoms with van der Waals surface area (Å²) in [5.74, 6) is -1.24. The number of hydrogen-bond donors (Lipinski definition) is 1. The van der Waals surface area contributed by atoms with Gasteiger partial charge in [-0.3, -0.25) is 9.20 Å². The van der Waals surface area contributed by atoms with Gasteiger partial charge < -0.3 is 5.11 Å². The van der Waals surface area contributed by atoms with Crippen molar-refractivity contribution in [2.75, 3.05) is 0 Å². The highest BCUT2D eigenvalue weighted by Gasteiger charge is 2.14. The molecule has 0 aliphatic heterocycles. The molecule has 5 nitrogen and oxygen atoms in total. The Labute approximate surface area is 88.6 Å². The summed E-state index contributed by atoms with van der Waals surface area (Å²) in [7, 11) is 0. The molecule has 2 heterocycles. The predicted molar refractivity (Wildman–Crippen MR) is 55.7 cm³/mol. The Bertz CT molecular complexity index is 585. The molecule has 0 aliphatic rings. The van der Waals surface area contributed by atoms with E-state index < -0.39 is 11.5 Å². The van der Waals surface area contributed by atoms with E-state index in [1.54, 1.807) is 0 Å². The number of aromatic nitrogens is 2. The number of carbonyl (C=O) groups is 1. The molecule has 0 spiro atoms. The molecule has 0 aliphatic carbocycles. The average molecular weight is 224 g/mol. The number of carboxylic acids is 1. The van der Waals surface area contributed by atoms with Gasteiger partial charge in [0, 0.05) is 11.1 Å². The average Bonchev–Trinajstić information content (AvgIpc) is 2.61. The first-order chi connectivity index (χ1) is 7.15. The highest BCUT2D eigenvalue weighted by molar-refractivity contribution is 7.15. The second-order valence-electron chi connectivity index (χ2n) is 2.98. The van der Waals surface area contributed by atoms with E-state index in [9.17, 15) is 9.59 Å². The van der Waals surface area contributed by atoms with Crippen LogP contribution in [0.15, 0.2) is 16.4 Å². The Morgan fingerprint density at radius 3 is 3.00 bits per heavy atom. The molecule has 6 heteroatoms. The van der Waals surface area contributed by atoms with Crippen LogP contribution in [0.4, 0.5) is 0 Å². The first-order valence-corrected chi connectivity index (χ1v) is 5.24. The van der Waals surface area contributed by atoms with E-state index >= 15 is 0 Å². The molecule has 15 heavy (non-hydrogen) atoms. The van der Waals surface area contributed by atoms with E-state index in [2.05, 4.69) is 4.98 Å². The van der Waals surface area contributed by atoms with Crippen LogP contribution >= 0.6 is 11.3 Å². The molecule has 0 fully saturated rings. The number of thiazole rings is 1. The van der Waals surface area contributed by atoms with Crippen molar-refractivity contribution >= 4 is 22.3 Å². The molecule has 1 N–H and O–H groups in total. The lowest BCUT2D eigenvalue weighted by atomic mass is 10.3. The van der Waals surface area contributed by atoms with Crippen LogP contribution in [0.5, 0.6) is 0 Å². The summed E-state index contributed by atoms with van der Waals surface area (Å²) < 4.78 is 1.36. The molecule has 0 bridgehead atoms. The SMILES string of the molecule is CCc1csc2ncc(C(=O)O)c(=O)n12. The van der Waals surface area contributed by atoms with Gasteiger partial charge in [0.15, 0.2) is 4.96 Å². The lowest BCUT2D eigenvalue weighted by Crippen LogP contribution is -2.23. The minimum Gasteiger partial charge on any atom is -0.477 e. The lowest BCUT2D eigenvalue weighted by Gasteiger charge is -1.98. The van der Waals surface area contributed by atoms with Crippen molar-refractivity contribution in [1.82, 2.24) is 9.38 Å². The summed E-state index contributed by atoms with van der Waals surface area (Å²) in [5.41, 5.74) is -0.0122. The van der Waals surface area contributed by atoms with Gasteiger partial charge in [0.1, 0.15) is 5.56 Å². The van der Waals surface area contributed by atoms with E-state index in [1.807, 2.05) is 12.3 Å². The topological polar surface area (TPSA) is 71.7 Å². The number of aromatic carboxylic acids is 1. The fraction of sp³-hybridized carbons (Fsp3) is 0.222. The third-order valence-electron chi connectivity index (χ3n) is 2.11. The van der Waals surface area contributed by atoms with Crippen molar-refractivity contribution in [2.45, 2.75) is 13.3 Å². The number of nitrogens with zero attached hydrogens (tertiary/aromatic N) is 2. The Kier molecular flexibility index (Phi) is 2.28. The first-order valence-electron chi connectivity index (χ1n) is 4.36. The number of fused-ring (bicyclic) bond motifs is 1. The maximum atomic E-state index is 11.8. The van der Waals surface area contributed by atoms with Crippen LogP contribution in [0.3, 0.4) is 0 Å². The van der Waals surface area contributed by atoms with Crippen LogP contribution in [0, 0.1) is 0 Å². The molecule has 0 aromatic carbocycles. The molecular formula is C9H8N2O3S. The quantitative estimate of drug-likeness (QED) is 0.826. The van der Waals surface area contributed by atoms with Gasteiger partial charge in [-0.05, 0) is 6.42 Å². The highest BCUT2D eigenvalue weighted by Crippen LogP contribution is 2.12. The third-order valence-corrected chi connectivity index (χ3v) is 3.00. The summed E-state index contributed by atoms with van der Waals surface area (Å²) in [4.78, 5) is 27.0. The molecular weight excluding hydrogens is 216 g/mol. The Morgan fingerprint density at radius 1 is 1.67 bits per heavy atom. The molecule has 0 amide bonds. The van der Waals surface area contributed by atoms with Crippen molar-refractivity contribution in [2.24, 2.45) is 0 Å². The monoisotopic (exact) mass is 224 g/mol.